The zero-order chi connectivity index (χ0) is 39.2. The summed E-state index contributed by atoms with van der Waals surface area (Å²) in [7, 11) is 0. The molecule has 304 valence electrons. The maximum Gasteiger partial charge on any atom is 0.411 e. The molecule has 2 N–H and O–H groups in total. The molecule has 6 fully saturated rings. The van der Waals surface area contributed by atoms with E-state index >= 15 is 0 Å². The standard InChI is InChI=1S/C43H73NO9/c1-13-41-19-20-43-25-42(43)18-17-30(52-35(46)27-23-49-22-21-44(27)36(47)53-37(5,6)7)38(8,9)28(42)15-16-29(43)40(41,12)34(45)33(32(41)26(3)4)51-24-31(50-14-2)39(10,11)48/h26-34,45,48H,13-25H2,1-12H3. The summed E-state index contributed by atoms with van der Waals surface area (Å²) in [4.78, 5) is 28.5. The van der Waals surface area contributed by atoms with E-state index < -0.39 is 41.5 Å². The predicted molar refractivity (Wildman–Crippen MR) is 202 cm³/mol. The first kappa shape index (κ1) is 41.2. The third-order valence-corrected chi connectivity index (χ3v) is 16.1. The fourth-order valence-electron chi connectivity index (χ4n) is 13.9. The van der Waals surface area contributed by atoms with Crippen LogP contribution in [0.2, 0.25) is 0 Å². The average Bonchev–Trinajstić information content (AvgIpc) is 3.68. The zero-order valence-electron chi connectivity index (χ0n) is 35.1. The minimum Gasteiger partial charge on any atom is -0.460 e. The van der Waals surface area contributed by atoms with Crippen LogP contribution in [0.1, 0.15) is 134 Å². The third kappa shape index (κ3) is 6.29. The Balaban J connectivity index is 1.23. The number of hydrogen-bond donors (Lipinski definition) is 2. The molecule has 12 atom stereocenters. The summed E-state index contributed by atoms with van der Waals surface area (Å²) in [6, 6.07) is -0.825. The van der Waals surface area contributed by atoms with Crippen LogP contribution in [0.25, 0.3) is 0 Å². The molecule has 10 heteroatoms. The summed E-state index contributed by atoms with van der Waals surface area (Å²) in [5.74, 6) is 0.880. The Morgan fingerprint density at radius 2 is 1.62 bits per heavy atom. The molecule has 0 radical (unpaired) electrons. The third-order valence-electron chi connectivity index (χ3n) is 16.1. The van der Waals surface area contributed by atoms with E-state index in [1.165, 1.54) is 11.3 Å². The highest BCUT2D eigenvalue weighted by atomic mass is 16.6. The number of nitrogens with zero attached hydrogens (tertiary/aromatic N) is 1. The summed E-state index contributed by atoms with van der Waals surface area (Å²) >= 11 is 0. The van der Waals surface area contributed by atoms with Gasteiger partial charge in [-0.25, -0.2) is 9.59 Å². The van der Waals surface area contributed by atoms with Crippen LogP contribution in [-0.4, -0.2) is 102 Å². The van der Waals surface area contributed by atoms with Crippen LogP contribution >= 0.6 is 0 Å². The number of ether oxygens (including phenoxy) is 5. The molecular formula is C43H73NO9. The average molecular weight is 748 g/mol. The van der Waals surface area contributed by atoms with E-state index in [1.807, 2.05) is 27.7 Å². The van der Waals surface area contributed by atoms with Crippen LogP contribution in [0.5, 0.6) is 0 Å². The van der Waals surface area contributed by atoms with Crippen LogP contribution in [0.15, 0.2) is 0 Å². The van der Waals surface area contributed by atoms with Crippen molar-refractivity contribution < 1.29 is 43.5 Å². The van der Waals surface area contributed by atoms with E-state index in [0.29, 0.717) is 37.5 Å². The van der Waals surface area contributed by atoms with Gasteiger partial charge in [-0.3, -0.25) is 4.90 Å². The van der Waals surface area contributed by atoms with Crippen molar-refractivity contribution >= 4 is 12.1 Å². The van der Waals surface area contributed by atoms with Crippen molar-refractivity contribution in [3.8, 4) is 0 Å². The highest BCUT2D eigenvalue weighted by Gasteiger charge is 2.84. The van der Waals surface area contributed by atoms with Crippen LogP contribution < -0.4 is 0 Å². The molecule has 0 bridgehead atoms. The smallest absolute Gasteiger partial charge is 0.411 e. The molecule has 0 aromatic rings. The summed E-state index contributed by atoms with van der Waals surface area (Å²) in [6.45, 7) is 26.4. The second kappa shape index (κ2) is 13.9. The van der Waals surface area contributed by atoms with Crippen molar-refractivity contribution in [3.63, 3.8) is 0 Å². The van der Waals surface area contributed by atoms with Gasteiger partial charge in [0.15, 0.2) is 6.04 Å². The molecular weight excluding hydrogens is 674 g/mol. The summed E-state index contributed by atoms with van der Waals surface area (Å²) < 4.78 is 30.5. The van der Waals surface area contributed by atoms with Crippen molar-refractivity contribution in [1.29, 1.82) is 0 Å². The molecule has 0 aromatic heterocycles. The lowest BCUT2D eigenvalue weighted by molar-refractivity contribution is -0.201. The highest BCUT2D eigenvalue weighted by Crippen LogP contribution is 2.89. The second-order valence-corrected chi connectivity index (χ2v) is 20.6. The molecule has 12 unspecified atom stereocenters. The monoisotopic (exact) mass is 748 g/mol. The number of rotatable bonds is 10. The Labute approximate surface area is 319 Å². The number of aliphatic hydroxyl groups excluding tert-OH is 1. The molecule has 53 heavy (non-hydrogen) atoms. The van der Waals surface area contributed by atoms with E-state index in [9.17, 15) is 19.8 Å². The van der Waals surface area contributed by atoms with Crippen molar-refractivity contribution in [2.24, 2.45) is 50.7 Å². The Morgan fingerprint density at radius 1 is 0.962 bits per heavy atom. The maximum absolute atomic E-state index is 13.9. The molecule has 2 spiro atoms. The number of aliphatic hydroxyl groups is 2. The first-order chi connectivity index (χ1) is 24.6. The molecule has 1 aliphatic heterocycles. The minimum absolute atomic E-state index is 0.0576. The minimum atomic E-state index is -1.06. The topological polar surface area (TPSA) is 124 Å². The fourth-order valence-corrected chi connectivity index (χ4v) is 13.9. The van der Waals surface area contributed by atoms with Gasteiger partial charge in [-0.2, -0.15) is 0 Å². The lowest BCUT2D eigenvalue weighted by Gasteiger charge is -2.64. The number of amides is 1. The number of morpholine rings is 1. The Kier molecular flexibility index (Phi) is 10.8. The number of esters is 1. The molecule has 1 heterocycles. The van der Waals surface area contributed by atoms with Gasteiger partial charge in [-0.1, -0.05) is 41.5 Å². The van der Waals surface area contributed by atoms with E-state index in [1.54, 1.807) is 13.8 Å². The van der Waals surface area contributed by atoms with E-state index in [0.717, 1.165) is 44.9 Å². The van der Waals surface area contributed by atoms with Crippen LogP contribution in [0.4, 0.5) is 4.79 Å². The highest BCUT2D eigenvalue weighted by molar-refractivity contribution is 5.82. The summed E-state index contributed by atoms with van der Waals surface area (Å²) in [5, 5.41) is 23.6. The Morgan fingerprint density at radius 3 is 2.23 bits per heavy atom. The zero-order valence-corrected chi connectivity index (χ0v) is 35.1. The van der Waals surface area contributed by atoms with Crippen LogP contribution in [0, 0.1) is 50.7 Å². The van der Waals surface area contributed by atoms with Gasteiger partial charge < -0.3 is 33.9 Å². The number of carbonyl (C=O) groups is 2. The van der Waals surface area contributed by atoms with Gasteiger partial charge in [0.25, 0.3) is 0 Å². The van der Waals surface area contributed by atoms with Gasteiger partial charge in [0.1, 0.15) is 17.8 Å². The van der Waals surface area contributed by atoms with E-state index in [2.05, 4.69) is 41.5 Å². The molecule has 0 aromatic carbocycles. The van der Waals surface area contributed by atoms with Gasteiger partial charge >= 0.3 is 12.1 Å². The van der Waals surface area contributed by atoms with Gasteiger partial charge in [0.2, 0.25) is 0 Å². The van der Waals surface area contributed by atoms with Crippen LogP contribution in [0.3, 0.4) is 0 Å². The first-order valence-electron chi connectivity index (χ1n) is 21.0. The molecule has 6 rings (SSSR count). The maximum atomic E-state index is 13.9. The molecule has 5 aliphatic carbocycles. The van der Waals surface area contributed by atoms with Crippen molar-refractivity contribution in [2.75, 3.05) is 33.0 Å². The fraction of sp³-hybridized carbons (Fsp3) is 0.953. The van der Waals surface area contributed by atoms with Gasteiger partial charge in [-0.05, 0) is 133 Å². The Bertz CT molecular complexity index is 1370. The number of carbonyl (C=O) groups excluding carboxylic acids is 2. The molecule has 1 saturated heterocycles. The normalized spacial score (nSPS) is 42.5. The summed E-state index contributed by atoms with van der Waals surface area (Å²) in [6.07, 6.45) is 6.09. The predicted octanol–water partition coefficient (Wildman–Crippen LogP) is 7.16. The molecule has 5 saturated carbocycles. The van der Waals surface area contributed by atoms with Crippen molar-refractivity contribution in [2.45, 2.75) is 176 Å². The number of hydrogen-bond acceptors (Lipinski definition) is 9. The molecule has 10 nitrogen and oxygen atoms in total. The van der Waals surface area contributed by atoms with Crippen LogP contribution in [-0.2, 0) is 28.5 Å². The van der Waals surface area contributed by atoms with Gasteiger partial charge in [0.05, 0.1) is 37.6 Å². The number of fused-ring (bicyclic) bond motifs is 2. The van der Waals surface area contributed by atoms with Crippen molar-refractivity contribution in [3.05, 3.63) is 0 Å². The quantitative estimate of drug-likeness (QED) is 0.224. The van der Waals surface area contributed by atoms with E-state index in [-0.39, 0.29) is 58.4 Å². The SMILES string of the molecule is CCOC(COC1C(C(C)C)C2(CC)CCC34CC35CCC(OC(=O)C3COCCN3C(=O)OC(C)(C)C)C(C)(C)C5CCC4C2(C)C1O)C(C)(C)O. The van der Waals surface area contributed by atoms with Gasteiger partial charge in [-0.15, -0.1) is 0 Å². The lowest BCUT2D eigenvalue weighted by atomic mass is 9.40. The Hall–Kier alpha value is -1.46. The largest absolute Gasteiger partial charge is 0.460 e. The molecule has 1 amide bonds. The summed E-state index contributed by atoms with van der Waals surface area (Å²) in [5.41, 5.74) is -2.04. The van der Waals surface area contributed by atoms with Gasteiger partial charge in [0, 0.05) is 24.0 Å². The second-order valence-electron chi connectivity index (χ2n) is 20.6. The first-order valence-corrected chi connectivity index (χ1v) is 21.0. The molecule has 6 aliphatic rings. The van der Waals surface area contributed by atoms with Crippen molar-refractivity contribution in [1.82, 2.24) is 4.90 Å². The lowest BCUT2D eigenvalue weighted by Crippen LogP contribution is -2.61. The van der Waals surface area contributed by atoms with E-state index in [4.69, 9.17) is 23.7 Å².